The molecule has 108 valence electrons. The van der Waals surface area contributed by atoms with Crippen molar-refractivity contribution in [1.82, 2.24) is 14.4 Å². The fourth-order valence-electron chi connectivity index (χ4n) is 1.97. The van der Waals surface area contributed by atoms with Crippen LogP contribution in [0.3, 0.4) is 0 Å². The van der Waals surface area contributed by atoms with Crippen LogP contribution in [-0.4, -0.2) is 29.0 Å². The third-order valence-electron chi connectivity index (χ3n) is 3.00. The van der Waals surface area contributed by atoms with Crippen LogP contribution < -0.4 is 5.32 Å². The Morgan fingerprint density at radius 1 is 1.24 bits per heavy atom. The summed E-state index contributed by atoms with van der Waals surface area (Å²) in [6.07, 6.45) is 6.53. The average molecular weight is 302 g/mol. The van der Waals surface area contributed by atoms with Crippen molar-refractivity contribution in [2.45, 2.75) is 11.6 Å². The lowest BCUT2D eigenvalue weighted by atomic mass is 10.4. The predicted molar refractivity (Wildman–Crippen MR) is 79.9 cm³/mol. The first kappa shape index (κ1) is 13.6. The minimum absolute atomic E-state index is 0.0702. The van der Waals surface area contributed by atoms with Crippen molar-refractivity contribution >= 4 is 21.2 Å². The van der Waals surface area contributed by atoms with Gasteiger partial charge >= 0.3 is 0 Å². The Labute approximate surface area is 122 Å². The second-order valence-electron chi connectivity index (χ2n) is 4.71. The first-order chi connectivity index (χ1) is 10.0. The Morgan fingerprint density at radius 3 is 2.76 bits per heavy atom. The number of aromatic nitrogens is 3. The van der Waals surface area contributed by atoms with E-state index in [1.807, 2.05) is 35.0 Å². The van der Waals surface area contributed by atoms with Crippen LogP contribution in [0.4, 0.5) is 5.69 Å². The maximum Gasteiger partial charge on any atom is 0.192 e. The number of anilines is 1. The van der Waals surface area contributed by atoms with Gasteiger partial charge in [-0.2, -0.15) is 0 Å². The number of sulfone groups is 1. The molecule has 0 bridgehead atoms. The molecule has 6 nitrogen and oxygen atoms in total. The number of pyridine rings is 2. The molecule has 0 aliphatic carbocycles. The summed E-state index contributed by atoms with van der Waals surface area (Å²) < 4.78 is 24.6. The first-order valence-corrected chi connectivity index (χ1v) is 8.24. The van der Waals surface area contributed by atoms with Crippen LogP contribution in [0.15, 0.2) is 53.9 Å². The van der Waals surface area contributed by atoms with E-state index in [0.717, 1.165) is 23.3 Å². The van der Waals surface area contributed by atoms with Crippen LogP contribution in [-0.2, 0) is 16.4 Å². The van der Waals surface area contributed by atoms with Crippen LogP contribution in [0.5, 0.6) is 0 Å². The lowest BCUT2D eigenvalue weighted by Crippen LogP contribution is -2.03. The molecule has 0 aliphatic heterocycles. The van der Waals surface area contributed by atoms with Gasteiger partial charge in [0, 0.05) is 18.6 Å². The molecular formula is C14H14N4O2S. The summed E-state index contributed by atoms with van der Waals surface area (Å²) in [6.45, 7) is 0.543. The topological polar surface area (TPSA) is 76.4 Å². The molecule has 0 aromatic carbocycles. The second-order valence-corrected chi connectivity index (χ2v) is 6.67. The van der Waals surface area contributed by atoms with Gasteiger partial charge in [-0.1, -0.05) is 6.07 Å². The summed E-state index contributed by atoms with van der Waals surface area (Å²) in [6, 6.07) is 9.00. The highest BCUT2D eigenvalue weighted by Gasteiger charge is 2.08. The zero-order valence-corrected chi connectivity index (χ0v) is 12.2. The van der Waals surface area contributed by atoms with E-state index in [9.17, 15) is 8.42 Å². The maximum atomic E-state index is 11.3. The van der Waals surface area contributed by atoms with E-state index in [2.05, 4.69) is 15.3 Å². The molecule has 0 spiro atoms. The number of hydrogen-bond acceptors (Lipinski definition) is 5. The third kappa shape index (κ3) is 3.03. The van der Waals surface area contributed by atoms with Crippen molar-refractivity contribution in [3.05, 3.63) is 54.6 Å². The molecule has 0 fully saturated rings. The van der Waals surface area contributed by atoms with Gasteiger partial charge in [-0.15, -0.1) is 0 Å². The quantitative estimate of drug-likeness (QED) is 0.794. The molecule has 0 amide bonds. The summed E-state index contributed by atoms with van der Waals surface area (Å²) in [5.74, 6) is 0. The summed E-state index contributed by atoms with van der Waals surface area (Å²) in [4.78, 5) is 8.40. The van der Waals surface area contributed by atoms with Crippen LogP contribution in [0.1, 0.15) is 5.69 Å². The van der Waals surface area contributed by atoms with E-state index in [1.165, 1.54) is 12.3 Å². The van der Waals surface area contributed by atoms with Gasteiger partial charge in [-0.3, -0.25) is 0 Å². The third-order valence-corrected chi connectivity index (χ3v) is 4.01. The highest BCUT2D eigenvalue weighted by molar-refractivity contribution is 7.90. The summed E-state index contributed by atoms with van der Waals surface area (Å²) >= 11 is 0. The zero-order valence-electron chi connectivity index (χ0n) is 11.4. The van der Waals surface area contributed by atoms with E-state index in [0.29, 0.717) is 6.54 Å². The van der Waals surface area contributed by atoms with Gasteiger partial charge in [-0.25, -0.2) is 18.4 Å². The van der Waals surface area contributed by atoms with Gasteiger partial charge in [0.1, 0.15) is 5.65 Å². The standard InChI is InChI=1S/C14H14N4O2S/c1-21(19,20)14-6-5-11(8-16-14)15-9-12-10-18-7-3-2-4-13(18)17-12/h2-8,10,15H,9H2,1H3. The fourth-order valence-corrected chi connectivity index (χ4v) is 2.53. The van der Waals surface area contributed by atoms with Crippen LogP contribution in [0.2, 0.25) is 0 Å². The maximum absolute atomic E-state index is 11.3. The molecule has 1 N–H and O–H groups in total. The van der Waals surface area contributed by atoms with Crippen LogP contribution >= 0.6 is 0 Å². The normalized spacial score (nSPS) is 11.7. The van der Waals surface area contributed by atoms with Gasteiger partial charge < -0.3 is 9.72 Å². The number of nitrogens with one attached hydrogen (secondary N) is 1. The molecular weight excluding hydrogens is 288 g/mol. The van der Waals surface area contributed by atoms with Crippen molar-refractivity contribution in [1.29, 1.82) is 0 Å². The lowest BCUT2D eigenvalue weighted by Gasteiger charge is -2.04. The number of hydrogen-bond donors (Lipinski definition) is 1. The molecule has 3 rings (SSSR count). The summed E-state index contributed by atoms with van der Waals surface area (Å²) in [5, 5.41) is 3.24. The molecule has 0 radical (unpaired) electrons. The van der Waals surface area contributed by atoms with Crippen molar-refractivity contribution in [2.24, 2.45) is 0 Å². The number of imidazole rings is 1. The second kappa shape index (κ2) is 5.17. The van der Waals surface area contributed by atoms with E-state index in [-0.39, 0.29) is 5.03 Å². The van der Waals surface area contributed by atoms with Crippen LogP contribution in [0.25, 0.3) is 5.65 Å². The number of nitrogens with zero attached hydrogens (tertiary/aromatic N) is 3. The molecule has 21 heavy (non-hydrogen) atoms. The largest absolute Gasteiger partial charge is 0.378 e. The van der Waals surface area contributed by atoms with Crippen molar-refractivity contribution < 1.29 is 8.42 Å². The Balaban J connectivity index is 1.72. The number of rotatable bonds is 4. The van der Waals surface area contributed by atoms with E-state index in [4.69, 9.17) is 0 Å². The first-order valence-electron chi connectivity index (χ1n) is 6.35. The van der Waals surface area contributed by atoms with Gasteiger partial charge in [0.25, 0.3) is 0 Å². The van der Waals surface area contributed by atoms with E-state index < -0.39 is 9.84 Å². The molecule has 3 aromatic heterocycles. The Morgan fingerprint density at radius 2 is 2.10 bits per heavy atom. The van der Waals surface area contributed by atoms with Gasteiger partial charge in [0.15, 0.2) is 14.9 Å². The molecule has 3 aromatic rings. The monoisotopic (exact) mass is 302 g/mol. The smallest absolute Gasteiger partial charge is 0.192 e. The Hall–Kier alpha value is -2.41. The van der Waals surface area contributed by atoms with Gasteiger partial charge in [0.05, 0.1) is 24.1 Å². The molecule has 0 unspecified atom stereocenters. The molecule has 0 saturated heterocycles. The molecule has 0 atom stereocenters. The minimum Gasteiger partial charge on any atom is -0.378 e. The van der Waals surface area contributed by atoms with Gasteiger partial charge in [-0.05, 0) is 24.3 Å². The average Bonchev–Trinajstić information content (AvgIpc) is 2.87. The summed E-state index contributed by atoms with van der Waals surface area (Å²) in [7, 11) is -3.26. The lowest BCUT2D eigenvalue weighted by molar-refractivity contribution is 0.598. The molecule has 3 heterocycles. The van der Waals surface area contributed by atoms with Crippen molar-refractivity contribution in [3.63, 3.8) is 0 Å². The molecule has 0 aliphatic rings. The summed E-state index contributed by atoms with van der Waals surface area (Å²) in [5.41, 5.74) is 2.53. The van der Waals surface area contributed by atoms with E-state index >= 15 is 0 Å². The van der Waals surface area contributed by atoms with Crippen molar-refractivity contribution in [2.75, 3.05) is 11.6 Å². The zero-order chi connectivity index (χ0) is 14.9. The minimum atomic E-state index is -3.26. The van der Waals surface area contributed by atoms with Gasteiger partial charge in [0.2, 0.25) is 0 Å². The fraction of sp³-hybridized carbons (Fsp3) is 0.143. The number of fused-ring (bicyclic) bond motifs is 1. The Kier molecular flexibility index (Phi) is 3.34. The molecule has 7 heteroatoms. The van der Waals surface area contributed by atoms with Crippen molar-refractivity contribution in [3.8, 4) is 0 Å². The highest BCUT2D eigenvalue weighted by Crippen LogP contribution is 2.12. The highest BCUT2D eigenvalue weighted by atomic mass is 32.2. The molecule has 0 saturated carbocycles. The predicted octanol–water partition coefficient (Wildman–Crippen LogP) is 1.74. The SMILES string of the molecule is CS(=O)(=O)c1ccc(NCc2cn3ccccc3n2)cn1. The van der Waals surface area contributed by atoms with E-state index in [1.54, 1.807) is 6.07 Å². The Bertz CT molecular complexity index is 836. The van der Waals surface area contributed by atoms with Crippen LogP contribution in [0, 0.1) is 0 Å².